The maximum absolute atomic E-state index is 5.75. The summed E-state index contributed by atoms with van der Waals surface area (Å²) in [6, 6.07) is 9.79. The highest BCUT2D eigenvalue weighted by Crippen LogP contribution is 2.25. The maximum atomic E-state index is 5.75. The van der Waals surface area contributed by atoms with Gasteiger partial charge in [-0.25, -0.2) is 9.97 Å². The topological polar surface area (TPSA) is 59.9 Å². The number of fused-ring (bicyclic) bond motifs is 1. The zero-order chi connectivity index (χ0) is 15.5. The van der Waals surface area contributed by atoms with Crippen LogP contribution in [0.15, 0.2) is 42.7 Å². The van der Waals surface area contributed by atoms with Gasteiger partial charge >= 0.3 is 0 Å². The van der Waals surface area contributed by atoms with E-state index in [4.69, 9.17) is 4.74 Å². The van der Waals surface area contributed by atoms with Crippen molar-refractivity contribution < 1.29 is 4.74 Å². The van der Waals surface area contributed by atoms with E-state index in [1.165, 1.54) is 0 Å². The van der Waals surface area contributed by atoms with Crippen molar-refractivity contribution in [2.75, 3.05) is 5.32 Å². The molecular weight excluding hydrogens is 276 g/mol. The van der Waals surface area contributed by atoms with Crippen molar-refractivity contribution in [2.24, 2.45) is 0 Å². The minimum atomic E-state index is 0.165. The molecule has 0 aliphatic rings. The van der Waals surface area contributed by atoms with Gasteiger partial charge in [-0.1, -0.05) is 0 Å². The Morgan fingerprint density at radius 3 is 2.64 bits per heavy atom. The van der Waals surface area contributed by atoms with Gasteiger partial charge in [0.05, 0.1) is 6.10 Å². The number of nitrogens with one attached hydrogen (secondary N) is 1. The van der Waals surface area contributed by atoms with Crippen LogP contribution in [-0.4, -0.2) is 21.1 Å². The summed E-state index contributed by atoms with van der Waals surface area (Å²) in [5.41, 5.74) is 3.46. The molecule has 0 unspecified atom stereocenters. The molecule has 0 radical (unpaired) electrons. The van der Waals surface area contributed by atoms with Crippen molar-refractivity contribution in [2.45, 2.75) is 26.9 Å². The Balaban J connectivity index is 1.83. The molecule has 1 aromatic carbocycles. The van der Waals surface area contributed by atoms with Crippen LogP contribution in [-0.2, 0) is 0 Å². The van der Waals surface area contributed by atoms with Gasteiger partial charge in [-0.15, -0.1) is 0 Å². The first-order chi connectivity index (χ1) is 10.6. The molecule has 0 fully saturated rings. The standard InChI is InChI=1S/C17H18N4O/c1-11(2)22-15-6-4-13(10-12(15)3)20-16-7-5-14-17(21-16)19-9-8-18-14/h4-11H,1-3H3,(H,19,20,21). The van der Waals surface area contributed by atoms with Crippen LogP contribution < -0.4 is 10.1 Å². The Bertz CT molecular complexity index is 802. The van der Waals surface area contributed by atoms with E-state index in [9.17, 15) is 0 Å². The van der Waals surface area contributed by atoms with Crippen molar-refractivity contribution in [3.8, 4) is 5.75 Å². The number of aromatic nitrogens is 3. The first kappa shape index (κ1) is 14.3. The predicted molar refractivity (Wildman–Crippen MR) is 87.6 cm³/mol. The molecule has 0 atom stereocenters. The summed E-state index contributed by atoms with van der Waals surface area (Å²) in [6.07, 6.45) is 3.47. The molecule has 0 aliphatic carbocycles. The average molecular weight is 294 g/mol. The molecule has 5 heteroatoms. The molecule has 1 N–H and O–H groups in total. The van der Waals surface area contributed by atoms with Gasteiger partial charge in [-0.2, -0.15) is 0 Å². The van der Waals surface area contributed by atoms with E-state index in [-0.39, 0.29) is 6.10 Å². The van der Waals surface area contributed by atoms with Crippen LogP contribution in [0.1, 0.15) is 19.4 Å². The second-order valence-corrected chi connectivity index (χ2v) is 5.37. The lowest BCUT2D eigenvalue weighted by Gasteiger charge is -2.14. The molecule has 0 saturated carbocycles. The number of hydrogen-bond donors (Lipinski definition) is 1. The van der Waals surface area contributed by atoms with Crippen LogP contribution >= 0.6 is 0 Å². The Labute approximate surface area is 129 Å². The van der Waals surface area contributed by atoms with E-state index in [2.05, 4.69) is 20.3 Å². The van der Waals surface area contributed by atoms with Gasteiger partial charge in [0, 0.05) is 18.1 Å². The second-order valence-electron chi connectivity index (χ2n) is 5.37. The maximum Gasteiger partial charge on any atom is 0.180 e. The first-order valence-corrected chi connectivity index (χ1v) is 7.24. The third kappa shape index (κ3) is 3.14. The normalized spacial score (nSPS) is 10.9. The van der Waals surface area contributed by atoms with Crippen molar-refractivity contribution >= 4 is 22.7 Å². The van der Waals surface area contributed by atoms with E-state index in [0.717, 1.165) is 28.3 Å². The highest BCUT2D eigenvalue weighted by atomic mass is 16.5. The molecule has 22 heavy (non-hydrogen) atoms. The Morgan fingerprint density at radius 1 is 1.05 bits per heavy atom. The van der Waals surface area contributed by atoms with E-state index in [0.29, 0.717) is 5.65 Å². The highest BCUT2D eigenvalue weighted by Gasteiger charge is 2.05. The number of nitrogens with zero attached hydrogens (tertiary/aromatic N) is 3. The summed E-state index contributed by atoms with van der Waals surface area (Å²) >= 11 is 0. The summed E-state index contributed by atoms with van der Waals surface area (Å²) < 4.78 is 5.75. The molecule has 0 amide bonds. The van der Waals surface area contributed by atoms with Crippen LogP contribution in [0.25, 0.3) is 11.2 Å². The fourth-order valence-corrected chi connectivity index (χ4v) is 2.19. The Hall–Kier alpha value is -2.69. The SMILES string of the molecule is Cc1cc(Nc2ccc3nccnc3n2)ccc1OC(C)C. The molecule has 5 nitrogen and oxygen atoms in total. The zero-order valence-corrected chi connectivity index (χ0v) is 12.9. The summed E-state index contributed by atoms with van der Waals surface area (Å²) in [5.74, 6) is 1.64. The number of rotatable bonds is 4. The molecule has 3 aromatic rings. The number of aryl methyl sites for hydroxylation is 1. The van der Waals surface area contributed by atoms with Crippen molar-refractivity contribution in [3.63, 3.8) is 0 Å². The van der Waals surface area contributed by atoms with Crippen LogP contribution in [0, 0.1) is 6.92 Å². The van der Waals surface area contributed by atoms with Gasteiger partial charge < -0.3 is 10.1 Å². The fourth-order valence-electron chi connectivity index (χ4n) is 2.19. The smallest absolute Gasteiger partial charge is 0.180 e. The van der Waals surface area contributed by atoms with Crippen LogP contribution in [0.5, 0.6) is 5.75 Å². The van der Waals surface area contributed by atoms with Gasteiger partial charge in [-0.05, 0) is 56.7 Å². The minimum absolute atomic E-state index is 0.165. The minimum Gasteiger partial charge on any atom is -0.491 e. The quantitative estimate of drug-likeness (QED) is 0.791. The second kappa shape index (κ2) is 5.97. The predicted octanol–water partition coefficient (Wildman–Crippen LogP) is 3.86. The highest BCUT2D eigenvalue weighted by molar-refractivity contribution is 5.73. The molecule has 0 aliphatic heterocycles. The number of ether oxygens (including phenoxy) is 1. The lowest BCUT2D eigenvalue weighted by Crippen LogP contribution is -2.06. The average Bonchev–Trinajstić information content (AvgIpc) is 2.49. The molecule has 3 rings (SSSR count). The molecule has 0 saturated heterocycles. The van der Waals surface area contributed by atoms with Gasteiger partial charge in [0.15, 0.2) is 5.65 Å². The van der Waals surface area contributed by atoms with Crippen molar-refractivity contribution in [1.29, 1.82) is 0 Å². The van der Waals surface area contributed by atoms with E-state index >= 15 is 0 Å². The summed E-state index contributed by atoms with van der Waals surface area (Å²) in [6.45, 7) is 6.07. The molecular formula is C17H18N4O. The Morgan fingerprint density at radius 2 is 1.86 bits per heavy atom. The van der Waals surface area contributed by atoms with Gasteiger partial charge in [0.25, 0.3) is 0 Å². The Kier molecular flexibility index (Phi) is 3.87. The molecule has 2 aromatic heterocycles. The van der Waals surface area contributed by atoms with Crippen molar-refractivity contribution in [3.05, 3.63) is 48.3 Å². The summed E-state index contributed by atoms with van der Waals surface area (Å²) in [7, 11) is 0. The van der Waals surface area contributed by atoms with Crippen LogP contribution in [0.3, 0.4) is 0 Å². The van der Waals surface area contributed by atoms with Crippen LogP contribution in [0.4, 0.5) is 11.5 Å². The van der Waals surface area contributed by atoms with Crippen molar-refractivity contribution in [1.82, 2.24) is 15.0 Å². The lowest BCUT2D eigenvalue weighted by molar-refractivity contribution is 0.241. The van der Waals surface area contributed by atoms with Gasteiger partial charge in [-0.3, -0.25) is 4.98 Å². The molecule has 0 bridgehead atoms. The number of anilines is 2. The largest absolute Gasteiger partial charge is 0.491 e. The fraction of sp³-hybridized carbons (Fsp3) is 0.235. The third-order valence-corrected chi connectivity index (χ3v) is 3.14. The summed E-state index contributed by atoms with van der Waals surface area (Å²) in [4.78, 5) is 12.9. The summed E-state index contributed by atoms with van der Waals surface area (Å²) in [5, 5.41) is 3.28. The zero-order valence-electron chi connectivity index (χ0n) is 12.9. The number of pyridine rings is 1. The van der Waals surface area contributed by atoms with Crippen LogP contribution in [0.2, 0.25) is 0 Å². The molecule has 112 valence electrons. The monoisotopic (exact) mass is 294 g/mol. The number of hydrogen-bond acceptors (Lipinski definition) is 5. The van der Waals surface area contributed by atoms with Gasteiger partial charge in [0.1, 0.15) is 17.1 Å². The first-order valence-electron chi connectivity index (χ1n) is 7.24. The number of benzene rings is 1. The van der Waals surface area contributed by atoms with E-state index in [1.54, 1.807) is 12.4 Å². The van der Waals surface area contributed by atoms with E-state index < -0.39 is 0 Å². The lowest BCUT2D eigenvalue weighted by atomic mass is 10.2. The van der Waals surface area contributed by atoms with E-state index in [1.807, 2.05) is 51.1 Å². The molecule has 0 spiro atoms. The van der Waals surface area contributed by atoms with Gasteiger partial charge in [0.2, 0.25) is 0 Å². The molecule has 2 heterocycles. The third-order valence-electron chi connectivity index (χ3n) is 3.14.